The Morgan fingerprint density at radius 3 is 2.39 bits per heavy atom. The molecule has 0 heterocycles. The number of hydrogen-bond acceptors (Lipinski definition) is 4. The number of ether oxygens (including phenoxy) is 2. The molecular weight excluding hydrogens is 292 g/mol. The van der Waals surface area contributed by atoms with Crippen molar-refractivity contribution in [3.05, 3.63) is 78.4 Å². The van der Waals surface area contributed by atoms with Crippen molar-refractivity contribution in [1.82, 2.24) is 0 Å². The first-order valence-electron chi connectivity index (χ1n) is 7.33. The predicted octanol–water partition coefficient (Wildman–Crippen LogP) is 3.42. The summed E-state index contributed by atoms with van der Waals surface area (Å²) in [6.45, 7) is 3.92. The van der Waals surface area contributed by atoms with Crippen LogP contribution in [0.1, 0.15) is 22.3 Å². The third-order valence-electron chi connectivity index (χ3n) is 3.12. The van der Waals surface area contributed by atoms with Crippen molar-refractivity contribution in [1.29, 1.82) is 0 Å². The van der Waals surface area contributed by atoms with Gasteiger partial charge in [0.25, 0.3) is 0 Å². The van der Waals surface area contributed by atoms with Gasteiger partial charge in [-0.1, -0.05) is 49.0 Å². The molecule has 4 nitrogen and oxygen atoms in total. The van der Waals surface area contributed by atoms with E-state index in [0.717, 1.165) is 6.08 Å². The maximum Gasteiger partial charge on any atom is 0.330 e. The van der Waals surface area contributed by atoms with E-state index in [1.807, 2.05) is 24.3 Å². The Hall–Kier alpha value is -2.88. The van der Waals surface area contributed by atoms with Crippen LogP contribution >= 0.6 is 0 Å². The number of ketones is 1. The highest BCUT2D eigenvalue weighted by molar-refractivity contribution is 6.10. The van der Waals surface area contributed by atoms with Crippen LogP contribution in [0.15, 0.2) is 67.3 Å². The maximum absolute atomic E-state index is 12.5. The van der Waals surface area contributed by atoms with Crippen LogP contribution in [0.3, 0.4) is 0 Å². The van der Waals surface area contributed by atoms with Crippen LogP contribution in [-0.2, 0) is 9.53 Å². The molecule has 0 bridgehead atoms. The van der Waals surface area contributed by atoms with Crippen LogP contribution in [0.4, 0.5) is 0 Å². The van der Waals surface area contributed by atoms with Gasteiger partial charge in [0.2, 0.25) is 0 Å². The van der Waals surface area contributed by atoms with Crippen molar-refractivity contribution in [3.8, 4) is 5.75 Å². The summed E-state index contributed by atoms with van der Waals surface area (Å²) in [5.74, 6) is -0.0136. The smallest absolute Gasteiger partial charge is 0.330 e. The van der Waals surface area contributed by atoms with Crippen molar-refractivity contribution in [2.45, 2.75) is 6.42 Å². The Morgan fingerprint density at radius 2 is 1.65 bits per heavy atom. The average molecular weight is 310 g/mol. The number of hydrogen-bond donors (Lipinski definition) is 0. The zero-order valence-electron chi connectivity index (χ0n) is 12.7. The van der Waals surface area contributed by atoms with E-state index in [2.05, 4.69) is 6.58 Å². The van der Waals surface area contributed by atoms with Crippen molar-refractivity contribution in [3.63, 3.8) is 0 Å². The van der Waals surface area contributed by atoms with Crippen LogP contribution in [0.25, 0.3) is 0 Å². The summed E-state index contributed by atoms with van der Waals surface area (Å²) >= 11 is 0. The quantitative estimate of drug-likeness (QED) is 0.324. The lowest BCUT2D eigenvalue weighted by atomic mass is 10.0. The number of para-hydroxylation sites is 1. The lowest BCUT2D eigenvalue weighted by molar-refractivity contribution is -0.137. The average Bonchev–Trinajstić information content (AvgIpc) is 2.61. The molecule has 23 heavy (non-hydrogen) atoms. The van der Waals surface area contributed by atoms with Gasteiger partial charge in [-0.2, -0.15) is 0 Å². The molecule has 2 aromatic rings. The fourth-order valence-electron chi connectivity index (χ4n) is 2.00. The molecule has 0 saturated heterocycles. The Kier molecular flexibility index (Phi) is 6.12. The second-order valence-electron chi connectivity index (χ2n) is 4.76. The van der Waals surface area contributed by atoms with Crippen LogP contribution in [-0.4, -0.2) is 25.0 Å². The summed E-state index contributed by atoms with van der Waals surface area (Å²) in [6.07, 6.45) is 1.65. The van der Waals surface area contributed by atoms with Crippen molar-refractivity contribution >= 4 is 11.8 Å². The van der Waals surface area contributed by atoms with Gasteiger partial charge in [-0.05, 0) is 12.1 Å². The maximum atomic E-state index is 12.5. The summed E-state index contributed by atoms with van der Waals surface area (Å²) in [6, 6.07) is 16.2. The molecule has 0 aliphatic heterocycles. The molecule has 118 valence electrons. The highest BCUT2D eigenvalue weighted by Crippen LogP contribution is 2.21. The largest absolute Gasteiger partial charge is 0.493 e. The van der Waals surface area contributed by atoms with E-state index in [1.54, 1.807) is 30.3 Å². The van der Waals surface area contributed by atoms with Crippen LogP contribution in [0.2, 0.25) is 0 Å². The molecule has 0 radical (unpaired) electrons. The van der Waals surface area contributed by atoms with Crippen LogP contribution in [0, 0.1) is 0 Å². The normalized spacial score (nSPS) is 9.91. The molecule has 2 rings (SSSR count). The minimum atomic E-state index is -0.454. The SMILES string of the molecule is C=CC(=O)OCCCOc1ccccc1C(=O)c1ccccc1. The molecule has 0 spiro atoms. The molecule has 2 aromatic carbocycles. The zero-order chi connectivity index (χ0) is 16.5. The van der Waals surface area contributed by atoms with E-state index >= 15 is 0 Å². The second kappa shape index (κ2) is 8.54. The highest BCUT2D eigenvalue weighted by atomic mass is 16.5. The van der Waals surface area contributed by atoms with Gasteiger partial charge >= 0.3 is 5.97 Å². The standard InChI is InChI=1S/C19H18O4/c1-2-18(20)23-14-8-13-22-17-12-7-6-11-16(17)19(21)15-9-4-3-5-10-15/h2-7,9-12H,1,8,13-14H2. The zero-order valence-corrected chi connectivity index (χ0v) is 12.7. The van der Waals surface area contributed by atoms with Crippen LogP contribution < -0.4 is 4.74 Å². The molecule has 0 saturated carbocycles. The van der Waals surface area contributed by atoms with Crippen molar-refractivity contribution in [2.75, 3.05) is 13.2 Å². The molecule has 0 aliphatic carbocycles. The summed E-state index contributed by atoms with van der Waals surface area (Å²) in [4.78, 5) is 23.4. The first-order chi connectivity index (χ1) is 11.2. The minimum Gasteiger partial charge on any atom is -0.493 e. The van der Waals surface area contributed by atoms with Crippen molar-refractivity contribution < 1.29 is 19.1 Å². The number of esters is 1. The summed E-state index contributed by atoms with van der Waals surface area (Å²) < 4.78 is 10.5. The Bertz CT molecular complexity index is 677. The molecule has 0 unspecified atom stereocenters. The molecule has 0 atom stereocenters. The lowest BCUT2D eigenvalue weighted by Gasteiger charge is -2.11. The number of benzene rings is 2. The fraction of sp³-hybridized carbons (Fsp3) is 0.158. The molecule has 0 aromatic heterocycles. The van der Waals surface area contributed by atoms with E-state index in [0.29, 0.717) is 29.9 Å². The van der Waals surface area contributed by atoms with E-state index in [9.17, 15) is 9.59 Å². The second-order valence-corrected chi connectivity index (χ2v) is 4.76. The van der Waals surface area contributed by atoms with E-state index in [-0.39, 0.29) is 12.4 Å². The first-order valence-corrected chi connectivity index (χ1v) is 7.33. The highest BCUT2D eigenvalue weighted by Gasteiger charge is 2.13. The summed E-state index contributed by atoms with van der Waals surface area (Å²) in [5, 5.41) is 0. The minimum absolute atomic E-state index is 0.0840. The predicted molar refractivity (Wildman–Crippen MR) is 87.6 cm³/mol. The number of rotatable bonds is 8. The molecular formula is C19H18O4. The summed E-state index contributed by atoms with van der Waals surface area (Å²) in [5.41, 5.74) is 1.13. The van der Waals surface area contributed by atoms with E-state index in [4.69, 9.17) is 9.47 Å². The van der Waals surface area contributed by atoms with Gasteiger partial charge in [0.15, 0.2) is 5.78 Å². The Balaban J connectivity index is 1.97. The Morgan fingerprint density at radius 1 is 0.957 bits per heavy atom. The topological polar surface area (TPSA) is 52.6 Å². The number of carbonyl (C=O) groups excluding carboxylic acids is 2. The lowest BCUT2D eigenvalue weighted by Crippen LogP contribution is -2.09. The third kappa shape index (κ3) is 4.81. The molecule has 4 heteroatoms. The van der Waals surface area contributed by atoms with Gasteiger partial charge in [-0.15, -0.1) is 0 Å². The first kappa shape index (κ1) is 16.5. The molecule has 0 fully saturated rings. The van der Waals surface area contributed by atoms with Gasteiger partial charge in [-0.25, -0.2) is 4.79 Å². The Labute approximate surface area is 135 Å². The van der Waals surface area contributed by atoms with Crippen LogP contribution in [0.5, 0.6) is 5.75 Å². The fourth-order valence-corrected chi connectivity index (χ4v) is 2.00. The third-order valence-corrected chi connectivity index (χ3v) is 3.12. The number of carbonyl (C=O) groups is 2. The van der Waals surface area contributed by atoms with Gasteiger partial charge in [0, 0.05) is 18.1 Å². The van der Waals surface area contributed by atoms with Crippen molar-refractivity contribution in [2.24, 2.45) is 0 Å². The van der Waals surface area contributed by atoms with Gasteiger partial charge in [0.1, 0.15) is 5.75 Å². The van der Waals surface area contributed by atoms with E-state index < -0.39 is 5.97 Å². The monoisotopic (exact) mass is 310 g/mol. The summed E-state index contributed by atoms with van der Waals surface area (Å²) in [7, 11) is 0. The van der Waals surface area contributed by atoms with Gasteiger partial charge in [0.05, 0.1) is 18.8 Å². The molecule has 0 amide bonds. The van der Waals surface area contributed by atoms with Gasteiger partial charge in [-0.3, -0.25) is 4.79 Å². The van der Waals surface area contributed by atoms with Gasteiger partial charge < -0.3 is 9.47 Å². The molecule has 0 aliphatic rings. The van der Waals surface area contributed by atoms with E-state index in [1.165, 1.54) is 0 Å². The molecule has 0 N–H and O–H groups in total.